The molecule has 2 heterocycles. The smallest absolute Gasteiger partial charge is 0.342 e. The molecule has 8 heteroatoms. The van der Waals surface area contributed by atoms with Crippen molar-refractivity contribution in [3.8, 4) is 5.75 Å². The number of nitrogens with one attached hydrogen (secondary N) is 1. The third-order valence-electron chi connectivity index (χ3n) is 4.58. The van der Waals surface area contributed by atoms with E-state index in [1.54, 1.807) is 13.8 Å². The molecule has 2 aromatic carbocycles. The van der Waals surface area contributed by atoms with Crippen molar-refractivity contribution in [1.29, 1.82) is 0 Å². The van der Waals surface area contributed by atoms with Crippen LogP contribution >= 0.6 is 11.6 Å². The highest BCUT2D eigenvalue weighted by Gasteiger charge is 2.23. The maximum atomic E-state index is 12.4. The highest BCUT2D eigenvalue weighted by Crippen LogP contribution is 2.31. The van der Waals surface area contributed by atoms with Gasteiger partial charge in [0.25, 0.3) is 0 Å². The summed E-state index contributed by atoms with van der Waals surface area (Å²) in [6.07, 6.45) is 1.38. The number of anilines is 2. The van der Waals surface area contributed by atoms with Crippen LogP contribution < -0.4 is 10.1 Å². The van der Waals surface area contributed by atoms with Gasteiger partial charge in [-0.2, -0.15) is 0 Å². The van der Waals surface area contributed by atoms with Crippen molar-refractivity contribution in [2.75, 3.05) is 11.9 Å². The molecule has 4 rings (SSSR count). The molecule has 0 atom stereocenters. The molecule has 0 unspecified atom stereocenters. The molecule has 7 nitrogen and oxygen atoms in total. The number of halogens is 1. The van der Waals surface area contributed by atoms with Gasteiger partial charge >= 0.3 is 5.97 Å². The number of fused-ring (bicyclic) bond motifs is 1. The number of aromatic nitrogens is 2. The average molecular weight is 438 g/mol. The lowest BCUT2D eigenvalue weighted by atomic mass is 10.2. The van der Waals surface area contributed by atoms with Crippen LogP contribution in [0.25, 0.3) is 11.1 Å². The molecule has 0 saturated heterocycles. The Morgan fingerprint density at radius 3 is 2.55 bits per heavy atom. The molecule has 1 N–H and O–H groups in total. The second kappa shape index (κ2) is 9.06. The van der Waals surface area contributed by atoms with Gasteiger partial charge in [-0.25, -0.2) is 14.8 Å². The first-order valence-corrected chi connectivity index (χ1v) is 10.1. The Morgan fingerprint density at radius 1 is 1.10 bits per heavy atom. The number of benzene rings is 2. The third-order valence-corrected chi connectivity index (χ3v) is 4.83. The Bertz CT molecular complexity index is 1200. The summed E-state index contributed by atoms with van der Waals surface area (Å²) in [5.41, 5.74) is 2.44. The lowest BCUT2D eigenvalue weighted by molar-refractivity contribution is 0.0526. The lowest BCUT2D eigenvalue weighted by Gasteiger charge is -2.10. The van der Waals surface area contributed by atoms with Crippen LogP contribution in [0.5, 0.6) is 5.75 Å². The molecular weight excluding hydrogens is 418 g/mol. The van der Waals surface area contributed by atoms with Gasteiger partial charge in [0.2, 0.25) is 5.71 Å². The number of nitrogens with zero attached hydrogens (tertiary/aromatic N) is 2. The number of esters is 1. The van der Waals surface area contributed by atoms with Gasteiger partial charge in [0.05, 0.1) is 12.0 Å². The van der Waals surface area contributed by atoms with Crippen molar-refractivity contribution in [3.05, 3.63) is 76.8 Å². The number of carbonyl (C=O) groups excluding carboxylic acids is 1. The summed E-state index contributed by atoms with van der Waals surface area (Å²) >= 11 is 5.90. The summed E-state index contributed by atoms with van der Waals surface area (Å²) in [5.74, 6) is 1.14. The fraction of sp³-hybridized carbons (Fsp3) is 0.174. The molecule has 2 aromatic heterocycles. The van der Waals surface area contributed by atoms with E-state index in [0.29, 0.717) is 39.9 Å². The summed E-state index contributed by atoms with van der Waals surface area (Å²) in [6.45, 7) is 4.15. The monoisotopic (exact) mass is 437 g/mol. The number of hydrogen-bond donors (Lipinski definition) is 1. The normalized spacial score (nSPS) is 10.8. The Hall–Kier alpha value is -3.58. The van der Waals surface area contributed by atoms with Gasteiger partial charge in [0.1, 0.15) is 35.8 Å². The van der Waals surface area contributed by atoms with Crippen LogP contribution in [0, 0.1) is 6.92 Å². The first kappa shape index (κ1) is 20.7. The van der Waals surface area contributed by atoms with E-state index >= 15 is 0 Å². The van der Waals surface area contributed by atoms with Crippen molar-refractivity contribution in [2.24, 2.45) is 0 Å². The molecular formula is C23H20ClN3O4. The Labute approximate surface area is 184 Å². The Morgan fingerprint density at radius 2 is 1.84 bits per heavy atom. The molecule has 0 aliphatic carbocycles. The van der Waals surface area contributed by atoms with Crippen LogP contribution in [0.4, 0.5) is 11.5 Å². The average Bonchev–Trinajstić information content (AvgIpc) is 3.11. The minimum Gasteiger partial charge on any atom is -0.489 e. The van der Waals surface area contributed by atoms with E-state index in [4.69, 9.17) is 25.5 Å². The number of hydrogen-bond acceptors (Lipinski definition) is 7. The number of aryl methyl sites for hydroxylation is 1. The molecule has 0 aliphatic rings. The second-order valence-corrected chi connectivity index (χ2v) is 7.16. The zero-order valence-electron chi connectivity index (χ0n) is 17.0. The minimum absolute atomic E-state index is 0.263. The van der Waals surface area contributed by atoms with Crippen LogP contribution in [0.3, 0.4) is 0 Å². The van der Waals surface area contributed by atoms with E-state index in [9.17, 15) is 4.79 Å². The van der Waals surface area contributed by atoms with Crippen molar-refractivity contribution < 1.29 is 18.7 Å². The van der Waals surface area contributed by atoms with Crippen molar-refractivity contribution in [2.45, 2.75) is 20.5 Å². The fourth-order valence-electron chi connectivity index (χ4n) is 3.11. The van der Waals surface area contributed by atoms with Crippen LogP contribution in [-0.2, 0) is 11.3 Å². The minimum atomic E-state index is -0.470. The molecule has 4 aromatic rings. The first-order valence-electron chi connectivity index (χ1n) is 9.70. The van der Waals surface area contributed by atoms with Crippen molar-refractivity contribution in [3.63, 3.8) is 0 Å². The van der Waals surface area contributed by atoms with Gasteiger partial charge in [-0.15, -0.1) is 0 Å². The van der Waals surface area contributed by atoms with Crippen LogP contribution in [-0.4, -0.2) is 22.5 Å². The second-order valence-electron chi connectivity index (χ2n) is 6.72. The topological polar surface area (TPSA) is 86.5 Å². The molecule has 0 bridgehead atoms. The molecule has 0 aliphatic heterocycles. The van der Waals surface area contributed by atoms with E-state index in [1.807, 2.05) is 48.5 Å². The maximum Gasteiger partial charge on any atom is 0.342 e. The highest BCUT2D eigenvalue weighted by molar-refractivity contribution is 6.30. The largest absolute Gasteiger partial charge is 0.489 e. The summed E-state index contributed by atoms with van der Waals surface area (Å²) in [4.78, 5) is 20.8. The summed E-state index contributed by atoms with van der Waals surface area (Å²) in [6, 6.07) is 14.9. The third kappa shape index (κ3) is 4.62. The molecule has 0 saturated carbocycles. The van der Waals surface area contributed by atoms with Gasteiger partial charge in [-0.3, -0.25) is 0 Å². The van der Waals surface area contributed by atoms with E-state index < -0.39 is 5.97 Å². The van der Waals surface area contributed by atoms with Gasteiger partial charge in [-0.1, -0.05) is 23.7 Å². The maximum absolute atomic E-state index is 12.4. The number of ether oxygens (including phenoxy) is 2. The van der Waals surface area contributed by atoms with Crippen molar-refractivity contribution in [1.82, 2.24) is 9.97 Å². The van der Waals surface area contributed by atoms with E-state index in [2.05, 4.69) is 15.3 Å². The van der Waals surface area contributed by atoms with E-state index in [-0.39, 0.29) is 6.61 Å². The summed E-state index contributed by atoms with van der Waals surface area (Å²) < 4.78 is 16.6. The van der Waals surface area contributed by atoms with Crippen LogP contribution in [0.2, 0.25) is 5.02 Å². The fourth-order valence-corrected chi connectivity index (χ4v) is 3.23. The molecule has 0 spiro atoms. The molecule has 158 valence electrons. The molecule has 0 amide bonds. The summed E-state index contributed by atoms with van der Waals surface area (Å²) in [5, 5.41) is 4.39. The van der Waals surface area contributed by atoms with Crippen LogP contribution in [0.1, 0.15) is 28.6 Å². The predicted octanol–water partition coefficient (Wildman–Crippen LogP) is 5.68. The van der Waals surface area contributed by atoms with Crippen LogP contribution in [0.15, 0.2) is 59.3 Å². The van der Waals surface area contributed by atoms with E-state index in [0.717, 1.165) is 17.0 Å². The molecule has 0 radical (unpaired) electrons. The summed E-state index contributed by atoms with van der Waals surface area (Å²) in [7, 11) is 0. The quantitative estimate of drug-likeness (QED) is 0.372. The Balaban J connectivity index is 1.52. The van der Waals surface area contributed by atoms with Gasteiger partial charge in [0, 0.05) is 10.7 Å². The highest BCUT2D eigenvalue weighted by atomic mass is 35.5. The predicted molar refractivity (Wildman–Crippen MR) is 118 cm³/mol. The van der Waals surface area contributed by atoms with Gasteiger partial charge < -0.3 is 19.2 Å². The van der Waals surface area contributed by atoms with Gasteiger partial charge in [0.15, 0.2) is 0 Å². The zero-order chi connectivity index (χ0) is 21.8. The van der Waals surface area contributed by atoms with Crippen molar-refractivity contribution >= 4 is 40.2 Å². The molecule has 31 heavy (non-hydrogen) atoms. The Kier molecular flexibility index (Phi) is 6.04. The SMILES string of the molecule is CCOC(=O)c1c(C)oc2ncnc(Nc3ccc(OCc4ccc(Cl)cc4)cc3)c12. The number of rotatable bonds is 7. The van der Waals surface area contributed by atoms with Gasteiger partial charge in [-0.05, 0) is 55.8 Å². The zero-order valence-corrected chi connectivity index (χ0v) is 17.8. The standard InChI is InChI=1S/C23H20ClN3O4/c1-3-29-23(28)19-14(2)31-22-20(19)21(25-13-26-22)27-17-8-10-18(11-9-17)30-12-15-4-6-16(24)7-5-15/h4-11,13H,3,12H2,1-2H3,(H,25,26,27). The molecule has 0 fully saturated rings. The number of carbonyl (C=O) groups is 1. The number of furan rings is 1. The van der Waals surface area contributed by atoms with E-state index in [1.165, 1.54) is 6.33 Å². The first-order chi connectivity index (χ1) is 15.0. The lowest BCUT2D eigenvalue weighted by Crippen LogP contribution is -2.06.